The molecule has 1 aromatic heterocycles. The Morgan fingerprint density at radius 3 is 2.64 bits per heavy atom. The van der Waals surface area contributed by atoms with Crippen molar-refractivity contribution >= 4 is 5.78 Å². The van der Waals surface area contributed by atoms with Gasteiger partial charge in [0.25, 0.3) is 0 Å². The van der Waals surface area contributed by atoms with E-state index in [9.17, 15) is 9.18 Å². The average molecular weight is 190 g/mol. The summed E-state index contributed by atoms with van der Waals surface area (Å²) in [5.41, 5.74) is 0.420. The molecule has 1 aromatic carbocycles. The first-order valence-corrected chi connectivity index (χ1v) is 4.10. The largest absolute Gasteiger partial charge is 0.472 e. The third kappa shape index (κ3) is 1.44. The number of carbonyl (C=O) groups excluding carboxylic acids is 1. The first kappa shape index (κ1) is 8.69. The Morgan fingerprint density at radius 2 is 2.00 bits per heavy atom. The number of benzene rings is 1. The van der Waals surface area contributed by atoms with Crippen LogP contribution in [-0.2, 0) is 0 Å². The fraction of sp³-hybridized carbons (Fsp3) is 0. The predicted octanol–water partition coefficient (Wildman–Crippen LogP) is 2.65. The maximum absolute atomic E-state index is 13.2. The average Bonchev–Trinajstić information content (AvgIpc) is 2.70. The molecule has 0 saturated carbocycles. The molecule has 0 saturated heterocycles. The molecule has 2 rings (SSSR count). The van der Waals surface area contributed by atoms with E-state index in [4.69, 9.17) is 4.42 Å². The highest BCUT2D eigenvalue weighted by molar-refractivity contribution is 6.08. The number of hydrogen-bond acceptors (Lipinski definition) is 2. The van der Waals surface area contributed by atoms with Crippen molar-refractivity contribution in [2.45, 2.75) is 0 Å². The molecule has 0 unspecified atom stereocenters. The Bertz CT molecular complexity index is 446. The van der Waals surface area contributed by atoms with E-state index < -0.39 is 5.82 Å². The van der Waals surface area contributed by atoms with Crippen LogP contribution in [0.3, 0.4) is 0 Å². The maximum Gasteiger partial charge on any atom is 0.199 e. The van der Waals surface area contributed by atoms with Crippen LogP contribution in [0, 0.1) is 5.82 Å². The van der Waals surface area contributed by atoms with Crippen LogP contribution in [-0.4, -0.2) is 5.78 Å². The van der Waals surface area contributed by atoms with Crippen LogP contribution in [0.15, 0.2) is 47.3 Å². The molecule has 0 bridgehead atoms. The highest BCUT2D eigenvalue weighted by Crippen LogP contribution is 2.13. The number of ketones is 1. The molecule has 3 heteroatoms. The minimum atomic E-state index is -0.515. The van der Waals surface area contributed by atoms with Crippen molar-refractivity contribution in [3.05, 3.63) is 59.8 Å². The Balaban J connectivity index is 2.42. The van der Waals surface area contributed by atoms with Gasteiger partial charge in [0.1, 0.15) is 12.1 Å². The van der Waals surface area contributed by atoms with Crippen LogP contribution in [0.1, 0.15) is 15.9 Å². The van der Waals surface area contributed by atoms with E-state index in [-0.39, 0.29) is 11.3 Å². The van der Waals surface area contributed by atoms with Crippen LogP contribution in [0.2, 0.25) is 0 Å². The molecule has 0 atom stereocenters. The molecule has 0 amide bonds. The molecule has 2 nitrogen and oxygen atoms in total. The van der Waals surface area contributed by atoms with Gasteiger partial charge in [-0.25, -0.2) is 4.39 Å². The highest BCUT2D eigenvalue weighted by Gasteiger charge is 2.13. The van der Waals surface area contributed by atoms with Gasteiger partial charge in [0.2, 0.25) is 0 Å². The van der Waals surface area contributed by atoms with E-state index in [1.165, 1.54) is 30.7 Å². The third-order valence-corrected chi connectivity index (χ3v) is 1.90. The second kappa shape index (κ2) is 3.46. The second-order valence-electron chi connectivity index (χ2n) is 2.82. The maximum atomic E-state index is 13.2. The molecule has 0 fully saturated rings. The Kier molecular flexibility index (Phi) is 2.14. The van der Waals surface area contributed by atoms with E-state index in [1.54, 1.807) is 12.1 Å². The van der Waals surface area contributed by atoms with Crippen molar-refractivity contribution in [3.8, 4) is 0 Å². The molecule has 2 aromatic rings. The van der Waals surface area contributed by atoms with Gasteiger partial charge in [-0.1, -0.05) is 12.1 Å². The Morgan fingerprint density at radius 1 is 1.21 bits per heavy atom. The minimum Gasteiger partial charge on any atom is -0.472 e. The van der Waals surface area contributed by atoms with Gasteiger partial charge in [-0.2, -0.15) is 0 Å². The summed E-state index contributed by atoms with van der Waals surface area (Å²) in [6.07, 6.45) is 2.68. The summed E-state index contributed by atoms with van der Waals surface area (Å²) in [6, 6.07) is 7.38. The van der Waals surface area contributed by atoms with Crippen molar-refractivity contribution in [2.24, 2.45) is 0 Å². The molecule has 70 valence electrons. The molecule has 1 heterocycles. The zero-order valence-electron chi connectivity index (χ0n) is 7.24. The second-order valence-corrected chi connectivity index (χ2v) is 2.82. The Hall–Kier alpha value is -1.90. The summed E-state index contributed by atoms with van der Waals surface area (Å²) in [5.74, 6) is -0.879. The van der Waals surface area contributed by atoms with Gasteiger partial charge < -0.3 is 4.42 Å². The molecular formula is C11H7FO2. The third-order valence-electron chi connectivity index (χ3n) is 1.90. The summed E-state index contributed by atoms with van der Waals surface area (Å²) >= 11 is 0. The van der Waals surface area contributed by atoms with Gasteiger partial charge in [-0.05, 0) is 18.2 Å². The number of rotatable bonds is 2. The van der Waals surface area contributed by atoms with Gasteiger partial charge in [0, 0.05) is 0 Å². The molecular weight excluding hydrogens is 183 g/mol. The minimum absolute atomic E-state index is 0.0638. The SMILES string of the molecule is O=C(c1ccoc1)c1ccccc1F. The first-order valence-electron chi connectivity index (χ1n) is 4.10. The van der Waals surface area contributed by atoms with E-state index in [1.807, 2.05) is 0 Å². The number of furan rings is 1. The van der Waals surface area contributed by atoms with Crippen LogP contribution in [0.5, 0.6) is 0 Å². The van der Waals surface area contributed by atoms with E-state index in [0.29, 0.717) is 5.56 Å². The number of hydrogen-bond donors (Lipinski definition) is 0. The molecule has 0 aliphatic heterocycles. The van der Waals surface area contributed by atoms with Gasteiger partial charge in [-0.3, -0.25) is 4.79 Å². The molecule has 0 spiro atoms. The monoisotopic (exact) mass is 190 g/mol. The summed E-state index contributed by atoms with van der Waals surface area (Å²) < 4.78 is 17.9. The molecule has 0 aliphatic carbocycles. The van der Waals surface area contributed by atoms with Crippen LogP contribution >= 0.6 is 0 Å². The van der Waals surface area contributed by atoms with E-state index in [2.05, 4.69) is 0 Å². The standard InChI is InChI=1S/C11H7FO2/c12-10-4-2-1-3-9(10)11(13)8-5-6-14-7-8/h1-7H. The molecule has 0 N–H and O–H groups in total. The summed E-state index contributed by atoms with van der Waals surface area (Å²) in [4.78, 5) is 11.6. The first-order chi connectivity index (χ1) is 6.79. The van der Waals surface area contributed by atoms with Crippen molar-refractivity contribution in [1.29, 1.82) is 0 Å². The zero-order valence-corrected chi connectivity index (χ0v) is 7.24. The fourth-order valence-corrected chi connectivity index (χ4v) is 1.19. The Labute approximate surface area is 80.0 Å². The van der Waals surface area contributed by atoms with Gasteiger partial charge in [0.05, 0.1) is 17.4 Å². The van der Waals surface area contributed by atoms with Crippen molar-refractivity contribution in [3.63, 3.8) is 0 Å². The molecule has 0 radical (unpaired) electrons. The van der Waals surface area contributed by atoms with Gasteiger partial charge in [-0.15, -0.1) is 0 Å². The lowest BCUT2D eigenvalue weighted by Crippen LogP contribution is -2.02. The zero-order chi connectivity index (χ0) is 9.97. The van der Waals surface area contributed by atoms with Crippen molar-refractivity contribution in [2.75, 3.05) is 0 Å². The predicted molar refractivity (Wildman–Crippen MR) is 48.5 cm³/mol. The fourth-order valence-electron chi connectivity index (χ4n) is 1.19. The molecule has 0 aliphatic rings. The van der Waals surface area contributed by atoms with Crippen LogP contribution in [0.25, 0.3) is 0 Å². The number of halogens is 1. The lowest BCUT2D eigenvalue weighted by Gasteiger charge is -1.98. The van der Waals surface area contributed by atoms with E-state index >= 15 is 0 Å². The van der Waals surface area contributed by atoms with Gasteiger partial charge >= 0.3 is 0 Å². The van der Waals surface area contributed by atoms with Crippen LogP contribution < -0.4 is 0 Å². The topological polar surface area (TPSA) is 30.2 Å². The smallest absolute Gasteiger partial charge is 0.199 e. The quantitative estimate of drug-likeness (QED) is 0.681. The van der Waals surface area contributed by atoms with Crippen molar-refractivity contribution in [1.82, 2.24) is 0 Å². The lowest BCUT2D eigenvalue weighted by molar-refractivity contribution is 0.103. The summed E-state index contributed by atoms with van der Waals surface area (Å²) in [7, 11) is 0. The summed E-state index contributed by atoms with van der Waals surface area (Å²) in [6.45, 7) is 0. The number of carbonyl (C=O) groups is 1. The normalized spacial score (nSPS) is 10.1. The van der Waals surface area contributed by atoms with Crippen molar-refractivity contribution < 1.29 is 13.6 Å². The van der Waals surface area contributed by atoms with E-state index in [0.717, 1.165) is 0 Å². The highest BCUT2D eigenvalue weighted by atomic mass is 19.1. The molecule has 14 heavy (non-hydrogen) atoms. The van der Waals surface area contributed by atoms with Crippen LogP contribution in [0.4, 0.5) is 4.39 Å². The summed E-state index contributed by atoms with van der Waals surface area (Å²) in [5, 5.41) is 0. The van der Waals surface area contributed by atoms with Gasteiger partial charge in [0.15, 0.2) is 5.78 Å². The lowest BCUT2D eigenvalue weighted by atomic mass is 10.1.